The van der Waals surface area contributed by atoms with Gasteiger partial charge in [-0.2, -0.15) is 0 Å². The second kappa shape index (κ2) is 11.5. The van der Waals surface area contributed by atoms with Gasteiger partial charge < -0.3 is 0 Å². The van der Waals surface area contributed by atoms with Gasteiger partial charge in [-0.1, -0.05) is 24.3 Å². The van der Waals surface area contributed by atoms with Gasteiger partial charge in [-0.3, -0.25) is 0 Å². The number of carbonyl (C=O) groups is 1. The fourth-order valence-corrected chi connectivity index (χ4v) is 7.89. The molecule has 40 heavy (non-hydrogen) atoms. The number of rotatable bonds is 8. The van der Waals surface area contributed by atoms with E-state index in [4.69, 9.17) is 4.74 Å². The third kappa shape index (κ3) is 5.31. The molecule has 7 heteroatoms. The quantitative estimate of drug-likeness (QED) is 0.103. The van der Waals surface area contributed by atoms with Gasteiger partial charge >= 0.3 is 217 Å². The molecule has 6 nitrogen and oxygen atoms in total. The number of hydrogen-bond donors (Lipinski definition) is 0. The van der Waals surface area contributed by atoms with Crippen molar-refractivity contribution >= 4 is 42.4 Å². The topological polar surface area (TPSA) is 72.7 Å². The Morgan fingerprint density at radius 3 is 2.05 bits per heavy atom. The zero-order chi connectivity index (χ0) is 28.3. The molecule has 5 rings (SSSR count). The Morgan fingerprint density at radius 1 is 0.850 bits per heavy atom. The molecule has 202 valence electrons. The molecule has 0 aromatic heterocycles. The minimum atomic E-state index is -0.644. The summed E-state index contributed by atoms with van der Waals surface area (Å²) >= 11 is -0.504. The van der Waals surface area contributed by atoms with Crippen molar-refractivity contribution in [2.75, 3.05) is 6.61 Å². The zero-order valence-corrected chi connectivity index (χ0v) is 24.4. The van der Waals surface area contributed by atoms with Crippen molar-refractivity contribution in [3.63, 3.8) is 0 Å². The summed E-state index contributed by atoms with van der Waals surface area (Å²) in [5.41, 5.74) is 6.06. The first kappa shape index (κ1) is 27.4. The molecule has 0 N–H and O–H groups in total. The van der Waals surface area contributed by atoms with Crippen molar-refractivity contribution in [1.29, 1.82) is 0 Å². The van der Waals surface area contributed by atoms with Crippen LogP contribution in [0.2, 0.25) is 0 Å². The average Bonchev–Trinajstić information content (AvgIpc) is 3.26. The second-order valence-electron chi connectivity index (χ2n) is 10.0. The van der Waals surface area contributed by atoms with E-state index in [9.17, 15) is 14.9 Å². The van der Waals surface area contributed by atoms with Gasteiger partial charge in [0.05, 0.1) is 0 Å². The van der Waals surface area contributed by atoms with Crippen LogP contribution >= 0.6 is 0 Å². The summed E-state index contributed by atoms with van der Waals surface area (Å²) in [6.07, 6.45) is 0.870. The molecule has 0 aliphatic carbocycles. The van der Waals surface area contributed by atoms with Crippen molar-refractivity contribution < 1.29 is 14.5 Å². The van der Waals surface area contributed by atoms with Gasteiger partial charge in [0.15, 0.2) is 0 Å². The number of fused-ring (bicyclic) bond motifs is 1. The van der Waals surface area contributed by atoms with E-state index in [-0.39, 0.29) is 23.1 Å². The SMILES string of the molecule is CC/C(=C(\c1ccccc1)c1ccc(OCC(=O)N2[Se]c3c([N+](=O)[O-])cccc3C2(C)C)cc1)c1ccccc1. The van der Waals surface area contributed by atoms with E-state index in [1.54, 1.807) is 9.98 Å². The Labute approximate surface area is 240 Å². The molecule has 0 saturated heterocycles. The Hall–Kier alpha value is -4.19. The van der Waals surface area contributed by atoms with Crippen LogP contribution in [0.5, 0.6) is 5.75 Å². The van der Waals surface area contributed by atoms with Crippen LogP contribution in [0.1, 0.15) is 49.4 Å². The van der Waals surface area contributed by atoms with Crippen LogP contribution in [0, 0.1) is 10.1 Å². The Kier molecular flexibility index (Phi) is 7.87. The van der Waals surface area contributed by atoms with Crippen molar-refractivity contribution in [2.45, 2.75) is 32.7 Å². The molecule has 0 saturated carbocycles. The van der Waals surface area contributed by atoms with E-state index >= 15 is 0 Å². The molecule has 1 aliphatic heterocycles. The first-order valence-corrected chi connectivity index (χ1v) is 14.8. The predicted molar refractivity (Wildman–Crippen MR) is 159 cm³/mol. The van der Waals surface area contributed by atoms with E-state index in [2.05, 4.69) is 43.3 Å². The molecule has 0 radical (unpaired) electrons. The van der Waals surface area contributed by atoms with Crippen LogP contribution in [0.15, 0.2) is 103 Å². The van der Waals surface area contributed by atoms with Crippen LogP contribution < -0.4 is 9.20 Å². The Morgan fingerprint density at radius 2 is 1.45 bits per heavy atom. The Balaban J connectivity index is 1.37. The number of hydrogen-bond acceptors (Lipinski definition) is 4. The summed E-state index contributed by atoms with van der Waals surface area (Å²) < 4.78 is 8.30. The molecular weight excluding hydrogens is 567 g/mol. The number of nitrogens with zero attached hydrogens (tertiary/aromatic N) is 2. The number of benzene rings is 4. The third-order valence-corrected chi connectivity index (χ3v) is 10.2. The third-order valence-electron chi connectivity index (χ3n) is 7.11. The summed E-state index contributed by atoms with van der Waals surface area (Å²) in [5.74, 6) is 0.400. The number of ether oxygens (including phenoxy) is 1. The molecule has 1 aliphatic rings. The summed E-state index contributed by atoms with van der Waals surface area (Å²) in [7, 11) is 0. The predicted octanol–water partition coefficient (Wildman–Crippen LogP) is 6.36. The minimum absolute atomic E-state index is 0.0709. The number of nitro groups is 1. The molecule has 0 unspecified atom stereocenters. The molecule has 4 aromatic carbocycles. The summed E-state index contributed by atoms with van der Waals surface area (Å²) in [5, 5.41) is 11.6. The molecule has 1 amide bonds. The van der Waals surface area contributed by atoms with E-state index < -0.39 is 20.7 Å². The van der Waals surface area contributed by atoms with Crippen molar-refractivity contribution in [3.05, 3.63) is 135 Å². The maximum absolute atomic E-state index is 13.3. The van der Waals surface area contributed by atoms with Crippen molar-refractivity contribution in [1.82, 2.24) is 3.92 Å². The molecule has 0 spiro atoms. The van der Waals surface area contributed by atoms with Gasteiger partial charge in [-0.05, 0) is 0 Å². The molecular formula is C33H30N2O4Se. The van der Waals surface area contributed by atoms with Crippen molar-refractivity contribution in [2.24, 2.45) is 0 Å². The van der Waals surface area contributed by atoms with Crippen LogP contribution in [-0.2, 0) is 10.3 Å². The first-order valence-electron chi connectivity index (χ1n) is 13.2. The van der Waals surface area contributed by atoms with Crippen LogP contribution in [-0.4, -0.2) is 36.5 Å². The monoisotopic (exact) mass is 598 g/mol. The Bertz CT molecular complexity index is 1570. The van der Waals surface area contributed by atoms with E-state index in [0.29, 0.717) is 10.2 Å². The van der Waals surface area contributed by atoms with Gasteiger partial charge in [0.25, 0.3) is 0 Å². The smallest absolute Gasteiger partial charge is 0.0622 e. The standard InChI is InChI=1S/C33H30N2O4Se/c1-4-27(23-12-7-5-8-13-23)31(24-14-9-6-10-15-24)25-18-20-26(21-19-25)39-22-30(36)34-33(2,3)28-16-11-17-29(35(37)38)32(28)40-34/h5-21H,4,22H2,1-3H3/b31-27-. The molecule has 0 atom stereocenters. The van der Waals surface area contributed by atoms with Gasteiger partial charge in [0, 0.05) is 0 Å². The minimum Gasteiger partial charge on any atom is -0.0622 e. The normalized spacial score (nSPS) is 14.3. The molecule has 0 bridgehead atoms. The summed E-state index contributed by atoms with van der Waals surface area (Å²) in [6.45, 7) is 5.87. The van der Waals surface area contributed by atoms with Crippen LogP contribution in [0.3, 0.4) is 0 Å². The van der Waals surface area contributed by atoms with Crippen molar-refractivity contribution in [3.8, 4) is 5.75 Å². The van der Waals surface area contributed by atoms with Crippen LogP contribution in [0.4, 0.5) is 5.69 Å². The second-order valence-corrected chi connectivity index (χ2v) is 12.0. The molecule has 0 fully saturated rings. The number of allylic oxidation sites excluding steroid dienone is 1. The number of nitro benzene ring substituents is 1. The van der Waals surface area contributed by atoms with Gasteiger partial charge in [-0.15, -0.1) is 0 Å². The fourth-order valence-electron chi connectivity index (χ4n) is 5.13. The van der Waals surface area contributed by atoms with Gasteiger partial charge in [0.1, 0.15) is 0 Å². The first-order chi connectivity index (χ1) is 19.3. The summed E-state index contributed by atoms with van der Waals surface area (Å²) in [6, 6.07) is 33.7. The summed E-state index contributed by atoms with van der Waals surface area (Å²) in [4.78, 5) is 24.4. The number of amides is 1. The van der Waals surface area contributed by atoms with Gasteiger partial charge in [-0.25, -0.2) is 0 Å². The van der Waals surface area contributed by atoms with E-state index in [1.165, 1.54) is 17.2 Å². The van der Waals surface area contributed by atoms with Gasteiger partial charge in [0.2, 0.25) is 0 Å². The van der Waals surface area contributed by atoms with E-state index in [1.807, 2.05) is 68.4 Å². The van der Waals surface area contributed by atoms with Crippen LogP contribution in [0.25, 0.3) is 11.1 Å². The molecule has 4 aromatic rings. The van der Waals surface area contributed by atoms with E-state index in [0.717, 1.165) is 28.7 Å². The fraction of sp³-hybridized carbons (Fsp3) is 0.182. The number of carbonyl (C=O) groups excluding carboxylic acids is 1. The maximum atomic E-state index is 13.3. The molecule has 1 heterocycles. The zero-order valence-electron chi connectivity index (χ0n) is 22.7. The average molecular weight is 598 g/mol.